The van der Waals surface area contributed by atoms with Gasteiger partial charge in [-0.25, -0.2) is 9.48 Å². The fraction of sp³-hybridized carbons (Fsp3) is 0.421. The standard InChI is InChI=1S/C19H23N3O3/c1-14-16(13-20-22(14)15-9-5-3-6-10-15)17(23)21(2)19(18(24)25)11-7-4-8-12-19/h3,5-6,9-10,13H,4,7-8,11-12H2,1-2H3,(H,24,25). The van der Waals surface area contributed by atoms with Crippen LogP contribution in [0.1, 0.15) is 48.2 Å². The second kappa shape index (κ2) is 6.70. The average molecular weight is 341 g/mol. The number of carboxylic acids is 1. The molecular weight excluding hydrogens is 318 g/mol. The molecule has 3 rings (SSSR count). The Bertz CT molecular complexity index is 776. The average Bonchev–Trinajstić information content (AvgIpc) is 3.03. The topological polar surface area (TPSA) is 75.4 Å². The number of carbonyl (C=O) groups excluding carboxylic acids is 1. The highest BCUT2D eigenvalue weighted by Gasteiger charge is 2.46. The molecule has 1 aliphatic carbocycles. The number of hydrogen-bond donors (Lipinski definition) is 1. The number of hydrogen-bond acceptors (Lipinski definition) is 3. The quantitative estimate of drug-likeness (QED) is 0.927. The van der Waals surface area contributed by atoms with E-state index in [1.165, 1.54) is 11.1 Å². The summed E-state index contributed by atoms with van der Waals surface area (Å²) < 4.78 is 1.70. The van der Waals surface area contributed by atoms with E-state index in [2.05, 4.69) is 5.10 Å². The molecule has 0 bridgehead atoms. The Morgan fingerprint density at radius 3 is 2.40 bits per heavy atom. The van der Waals surface area contributed by atoms with Crippen LogP contribution in [0.2, 0.25) is 0 Å². The van der Waals surface area contributed by atoms with E-state index < -0.39 is 11.5 Å². The first-order valence-electron chi connectivity index (χ1n) is 8.59. The van der Waals surface area contributed by atoms with Gasteiger partial charge in [0.2, 0.25) is 0 Å². The van der Waals surface area contributed by atoms with Crippen molar-refractivity contribution in [3.63, 3.8) is 0 Å². The number of rotatable bonds is 4. The highest BCUT2D eigenvalue weighted by Crippen LogP contribution is 2.34. The van der Waals surface area contributed by atoms with E-state index in [1.807, 2.05) is 37.3 Å². The molecule has 6 nitrogen and oxygen atoms in total. The molecule has 1 aliphatic rings. The van der Waals surface area contributed by atoms with E-state index in [0.717, 1.165) is 24.9 Å². The number of nitrogens with zero attached hydrogens (tertiary/aromatic N) is 3. The Labute approximate surface area is 147 Å². The van der Waals surface area contributed by atoms with Gasteiger partial charge in [0.25, 0.3) is 5.91 Å². The fourth-order valence-corrected chi connectivity index (χ4v) is 3.65. The van der Waals surface area contributed by atoms with Crippen molar-refractivity contribution in [1.29, 1.82) is 0 Å². The maximum atomic E-state index is 13.0. The smallest absolute Gasteiger partial charge is 0.329 e. The van der Waals surface area contributed by atoms with Gasteiger partial charge in [0.05, 0.1) is 23.1 Å². The Morgan fingerprint density at radius 1 is 1.16 bits per heavy atom. The summed E-state index contributed by atoms with van der Waals surface area (Å²) in [5.74, 6) is -1.21. The molecule has 0 atom stereocenters. The van der Waals surface area contributed by atoms with Crippen molar-refractivity contribution in [2.24, 2.45) is 0 Å². The van der Waals surface area contributed by atoms with E-state index in [-0.39, 0.29) is 5.91 Å². The molecule has 1 N–H and O–H groups in total. The number of likely N-dealkylation sites (N-methyl/N-ethyl adjacent to an activating group) is 1. The van der Waals surface area contributed by atoms with Crippen LogP contribution in [-0.4, -0.2) is 44.3 Å². The summed E-state index contributed by atoms with van der Waals surface area (Å²) >= 11 is 0. The number of carbonyl (C=O) groups is 2. The zero-order valence-corrected chi connectivity index (χ0v) is 14.6. The number of aliphatic carboxylic acids is 1. The molecule has 1 aromatic heterocycles. The van der Waals surface area contributed by atoms with Gasteiger partial charge >= 0.3 is 5.97 Å². The summed E-state index contributed by atoms with van der Waals surface area (Å²) in [7, 11) is 1.60. The van der Waals surface area contributed by atoms with Crippen LogP contribution in [0, 0.1) is 6.92 Å². The lowest BCUT2D eigenvalue weighted by molar-refractivity contribution is -0.151. The van der Waals surface area contributed by atoms with Crippen LogP contribution in [0.25, 0.3) is 5.69 Å². The van der Waals surface area contributed by atoms with Gasteiger partial charge in [-0.05, 0) is 31.9 Å². The molecule has 0 unspecified atom stereocenters. The highest BCUT2D eigenvalue weighted by atomic mass is 16.4. The Morgan fingerprint density at radius 2 is 1.80 bits per heavy atom. The molecule has 1 amide bonds. The van der Waals surface area contributed by atoms with E-state index in [4.69, 9.17) is 0 Å². The summed E-state index contributed by atoms with van der Waals surface area (Å²) in [4.78, 5) is 26.4. The molecule has 132 valence electrons. The lowest BCUT2D eigenvalue weighted by atomic mass is 9.80. The summed E-state index contributed by atoms with van der Waals surface area (Å²) in [6, 6.07) is 9.56. The van der Waals surface area contributed by atoms with Crippen molar-refractivity contribution < 1.29 is 14.7 Å². The van der Waals surface area contributed by atoms with E-state index in [0.29, 0.717) is 24.1 Å². The SMILES string of the molecule is Cc1c(C(=O)N(C)C2(C(=O)O)CCCCC2)cnn1-c1ccccc1. The predicted octanol–water partition coefficient (Wildman–Crippen LogP) is 3.04. The van der Waals surface area contributed by atoms with Gasteiger partial charge in [0.1, 0.15) is 5.54 Å². The van der Waals surface area contributed by atoms with Gasteiger partial charge in [0.15, 0.2) is 0 Å². The Hall–Kier alpha value is -2.63. The molecule has 6 heteroatoms. The maximum Gasteiger partial charge on any atom is 0.329 e. The number of aromatic nitrogens is 2. The van der Waals surface area contributed by atoms with Crippen molar-refractivity contribution >= 4 is 11.9 Å². The normalized spacial score (nSPS) is 16.4. The number of benzene rings is 1. The van der Waals surface area contributed by atoms with E-state index in [1.54, 1.807) is 11.7 Å². The largest absolute Gasteiger partial charge is 0.479 e. The molecule has 1 fully saturated rings. The Kier molecular flexibility index (Phi) is 4.61. The van der Waals surface area contributed by atoms with Crippen LogP contribution in [0.4, 0.5) is 0 Å². The molecule has 2 aromatic rings. The van der Waals surface area contributed by atoms with Gasteiger partial charge in [-0.2, -0.15) is 5.10 Å². The minimum Gasteiger partial charge on any atom is -0.479 e. The molecular formula is C19H23N3O3. The highest BCUT2D eigenvalue weighted by molar-refractivity contribution is 5.98. The zero-order chi connectivity index (χ0) is 18.0. The van der Waals surface area contributed by atoms with Crippen molar-refractivity contribution in [3.05, 3.63) is 47.8 Å². The fourth-order valence-electron chi connectivity index (χ4n) is 3.65. The van der Waals surface area contributed by atoms with Crippen molar-refractivity contribution in [2.75, 3.05) is 7.05 Å². The van der Waals surface area contributed by atoms with Gasteiger partial charge in [-0.15, -0.1) is 0 Å². The molecule has 1 aromatic carbocycles. The summed E-state index contributed by atoms with van der Waals surface area (Å²) in [6.45, 7) is 1.83. The minimum atomic E-state index is -1.11. The molecule has 0 spiro atoms. The molecule has 0 saturated heterocycles. The molecule has 1 saturated carbocycles. The summed E-state index contributed by atoms with van der Waals surface area (Å²) in [5, 5.41) is 14.1. The third kappa shape index (κ3) is 2.92. The summed E-state index contributed by atoms with van der Waals surface area (Å²) in [5.41, 5.74) is 0.903. The number of carboxylic acid groups (broad SMARTS) is 1. The molecule has 0 radical (unpaired) electrons. The second-order valence-corrected chi connectivity index (χ2v) is 6.65. The molecule has 1 heterocycles. The number of amides is 1. The van der Waals surface area contributed by atoms with Crippen LogP contribution in [-0.2, 0) is 4.79 Å². The monoisotopic (exact) mass is 341 g/mol. The van der Waals surface area contributed by atoms with Gasteiger partial charge in [-0.3, -0.25) is 4.79 Å². The van der Waals surface area contributed by atoms with Crippen LogP contribution in [0.15, 0.2) is 36.5 Å². The zero-order valence-electron chi connectivity index (χ0n) is 14.6. The third-order valence-corrected chi connectivity index (χ3v) is 5.27. The first kappa shape index (κ1) is 17.2. The molecule has 0 aliphatic heterocycles. The lowest BCUT2D eigenvalue weighted by Crippen LogP contribution is -2.56. The minimum absolute atomic E-state index is 0.288. The second-order valence-electron chi connectivity index (χ2n) is 6.65. The van der Waals surface area contributed by atoms with Crippen molar-refractivity contribution in [1.82, 2.24) is 14.7 Å². The maximum absolute atomic E-state index is 13.0. The predicted molar refractivity (Wildman–Crippen MR) is 93.8 cm³/mol. The molecule has 25 heavy (non-hydrogen) atoms. The van der Waals surface area contributed by atoms with Gasteiger partial charge in [0, 0.05) is 7.05 Å². The van der Waals surface area contributed by atoms with Gasteiger partial charge in [-0.1, -0.05) is 37.5 Å². The van der Waals surface area contributed by atoms with Crippen LogP contribution in [0.5, 0.6) is 0 Å². The van der Waals surface area contributed by atoms with Crippen molar-refractivity contribution in [3.8, 4) is 5.69 Å². The van der Waals surface area contributed by atoms with Crippen LogP contribution < -0.4 is 0 Å². The van der Waals surface area contributed by atoms with E-state index >= 15 is 0 Å². The van der Waals surface area contributed by atoms with Crippen LogP contribution in [0.3, 0.4) is 0 Å². The summed E-state index contributed by atoms with van der Waals surface area (Å²) in [6.07, 6.45) is 5.19. The Balaban J connectivity index is 1.93. The van der Waals surface area contributed by atoms with Crippen LogP contribution >= 0.6 is 0 Å². The third-order valence-electron chi connectivity index (χ3n) is 5.27. The van der Waals surface area contributed by atoms with Gasteiger partial charge < -0.3 is 10.0 Å². The number of para-hydroxylation sites is 1. The first-order chi connectivity index (χ1) is 12.0. The van der Waals surface area contributed by atoms with Crippen molar-refractivity contribution in [2.45, 2.75) is 44.6 Å². The first-order valence-corrected chi connectivity index (χ1v) is 8.59. The van der Waals surface area contributed by atoms with E-state index in [9.17, 15) is 14.7 Å². The lowest BCUT2D eigenvalue weighted by Gasteiger charge is -2.40.